The van der Waals surface area contributed by atoms with Gasteiger partial charge >= 0.3 is 0 Å². The maximum absolute atomic E-state index is 11.9. The molecule has 2 heterocycles. The van der Waals surface area contributed by atoms with Gasteiger partial charge in [0.2, 0.25) is 5.91 Å². The molecule has 3 nitrogen and oxygen atoms in total. The Balaban J connectivity index is 2.12. The highest BCUT2D eigenvalue weighted by Gasteiger charge is 2.47. The van der Waals surface area contributed by atoms with Crippen molar-refractivity contribution < 1.29 is 9.59 Å². The topological polar surface area (TPSA) is 37.4 Å². The maximum atomic E-state index is 11.9. The van der Waals surface area contributed by atoms with Crippen molar-refractivity contribution in [3.05, 3.63) is 0 Å². The van der Waals surface area contributed by atoms with Crippen LogP contribution in [0, 0.1) is 5.92 Å². The summed E-state index contributed by atoms with van der Waals surface area (Å²) in [5.41, 5.74) is 0. The lowest BCUT2D eigenvalue weighted by Crippen LogP contribution is -2.49. The van der Waals surface area contributed by atoms with E-state index >= 15 is 0 Å². The monoisotopic (exact) mass is 259 g/mol. The van der Waals surface area contributed by atoms with Crippen molar-refractivity contribution in [1.29, 1.82) is 0 Å². The number of carbonyl (C=O) groups is 2. The molecular weight excluding hydrogens is 242 g/mol. The zero-order valence-corrected chi connectivity index (χ0v) is 11.3. The zero-order valence-electron chi connectivity index (χ0n) is 9.69. The van der Waals surface area contributed by atoms with Crippen molar-refractivity contribution in [2.75, 3.05) is 18.6 Å². The predicted molar refractivity (Wildman–Crippen MR) is 68.4 cm³/mol. The van der Waals surface area contributed by atoms with Crippen LogP contribution in [0.5, 0.6) is 0 Å². The molecule has 1 atom stereocenters. The van der Waals surface area contributed by atoms with Gasteiger partial charge < -0.3 is 9.69 Å². The molecule has 0 N–H and O–H groups in total. The number of hydrogen-bond donors (Lipinski definition) is 0. The Morgan fingerprint density at radius 3 is 2.69 bits per heavy atom. The van der Waals surface area contributed by atoms with Crippen molar-refractivity contribution in [2.45, 2.75) is 30.4 Å². The van der Waals surface area contributed by atoms with E-state index in [-0.39, 0.29) is 21.8 Å². The molecule has 90 valence electrons. The average molecular weight is 259 g/mol. The van der Waals surface area contributed by atoms with Gasteiger partial charge in [-0.1, -0.05) is 0 Å². The summed E-state index contributed by atoms with van der Waals surface area (Å²) >= 11 is 3.73. The van der Waals surface area contributed by atoms with Crippen molar-refractivity contribution in [3.8, 4) is 0 Å². The molecule has 0 radical (unpaired) electrons. The average Bonchev–Trinajstić information content (AvgIpc) is 2.63. The number of hydrogen-bond acceptors (Lipinski definition) is 4. The molecule has 0 aromatic carbocycles. The van der Waals surface area contributed by atoms with Crippen LogP contribution in [-0.4, -0.2) is 39.3 Å². The van der Waals surface area contributed by atoms with Crippen LogP contribution in [-0.2, 0) is 9.59 Å². The molecule has 1 spiro atoms. The first kappa shape index (κ1) is 12.3. The first-order valence-electron chi connectivity index (χ1n) is 5.57. The molecule has 2 aliphatic rings. The molecule has 2 saturated heterocycles. The lowest BCUT2D eigenvalue weighted by atomic mass is 9.91. The van der Waals surface area contributed by atoms with Gasteiger partial charge in [-0.3, -0.25) is 4.79 Å². The normalized spacial score (nSPS) is 28.8. The van der Waals surface area contributed by atoms with E-state index in [1.54, 1.807) is 6.92 Å². The van der Waals surface area contributed by atoms with Crippen LogP contribution in [0.3, 0.4) is 0 Å². The van der Waals surface area contributed by atoms with Crippen LogP contribution in [0.15, 0.2) is 0 Å². The Kier molecular flexibility index (Phi) is 3.54. The Hall–Kier alpha value is -0.160. The third-order valence-electron chi connectivity index (χ3n) is 3.21. The molecule has 5 heteroatoms. The number of thioether (sulfide) groups is 2. The number of amides is 1. The summed E-state index contributed by atoms with van der Waals surface area (Å²) in [4.78, 5) is 25.0. The second kappa shape index (κ2) is 4.61. The van der Waals surface area contributed by atoms with E-state index < -0.39 is 0 Å². The minimum Gasteiger partial charge on any atom is -0.322 e. The molecule has 2 fully saturated rings. The molecule has 0 aliphatic carbocycles. The van der Waals surface area contributed by atoms with Crippen LogP contribution in [0.4, 0.5) is 0 Å². The largest absolute Gasteiger partial charge is 0.322 e. The number of ketones is 1. The van der Waals surface area contributed by atoms with Crippen molar-refractivity contribution in [3.63, 3.8) is 0 Å². The predicted octanol–water partition coefficient (Wildman–Crippen LogP) is 1.97. The molecule has 0 aromatic rings. The highest BCUT2D eigenvalue weighted by molar-refractivity contribution is 8.21. The lowest BCUT2D eigenvalue weighted by Gasteiger charge is -2.43. The van der Waals surface area contributed by atoms with Gasteiger partial charge in [0.05, 0.1) is 0 Å². The van der Waals surface area contributed by atoms with Gasteiger partial charge in [-0.25, -0.2) is 0 Å². The van der Waals surface area contributed by atoms with Crippen molar-refractivity contribution >= 4 is 35.2 Å². The van der Waals surface area contributed by atoms with Crippen LogP contribution in [0.2, 0.25) is 0 Å². The van der Waals surface area contributed by atoms with Gasteiger partial charge in [-0.2, -0.15) is 0 Å². The second-order valence-corrected chi connectivity index (χ2v) is 7.55. The van der Waals surface area contributed by atoms with Gasteiger partial charge in [0.25, 0.3) is 0 Å². The fourth-order valence-electron chi connectivity index (χ4n) is 2.45. The van der Waals surface area contributed by atoms with Crippen LogP contribution < -0.4 is 0 Å². The minimum absolute atomic E-state index is 0.0740. The molecule has 2 rings (SSSR count). The number of likely N-dealkylation sites (tertiary alicyclic amines) is 1. The molecule has 1 unspecified atom stereocenters. The number of piperidine rings is 1. The Labute approximate surface area is 105 Å². The van der Waals surface area contributed by atoms with Crippen LogP contribution in [0.1, 0.15) is 26.2 Å². The minimum atomic E-state index is -0.0740. The van der Waals surface area contributed by atoms with Gasteiger partial charge in [-0.05, 0) is 19.3 Å². The Morgan fingerprint density at radius 1 is 1.50 bits per heavy atom. The number of rotatable bonds is 2. The quantitative estimate of drug-likeness (QED) is 0.760. The first-order chi connectivity index (χ1) is 7.53. The van der Waals surface area contributed by atoms with Crippen molar-refractivity contribution in [1.82, 2.24) is 4.90 Å². The summed E-state index contributed by atoms with van der Waals surface area (Å²) in [7, 11) is 1.90. The van der Waals surface area contributed by atoms with Crippen molar-refractivity contribution in [2.24, 2.45) is 5.92 Å². The van der Waals surface area contributed by atoms with E-state index in [2.05, 4.69) is 0 Å². The fourth-order valence-corrected chi connectivity index (χ4v) is 5.89. The summed E-state index contributed by atoms with van der Waals surface area (Å²) < 4.78 is -0.0740. The smallest absolute Gasteiger partial charge is 0.224 e. The Morgan fingerprint density at radius 2 is 2.12 bits per heavy atom. The molecule has 0 bridgehead atoms. The maximum Gasteiger partial charge on any atom is 0.224 e. The van der Waals surface area contributed by atoms with Gasteiger partial charge in [0.15, 0.2) is 0 Å². The molecule has 0 saturated carbocycles. The molecule has 2 aliphatic heterocycles. The van der Waals surface area contributed by atoms with Crippen LogP contribution in [0.25, 0.3) is 0 Å². The van der Waals surface area contributed by atoms with Gasteiger partial charge in [-0.15, -0.1) is 23.5 Å². The third-order valence-corrected chi connectivity index (χ3v) is 6.77. The van der Waals surface area contributed by atoms with Crippen LogP contribution >= 0.6 is 23.5 Å². The van der Waals surface area contributed by atoms with Gasteiger partial charge in [0, 0.05) is 31.4 Å². The Bertz CT molecular complexity index is 313. The number of Topliss-reactive ketones (excluding diaryl/α,β-unsaturated/α-hetero) is 1. The summed E-state index contributed by atoms with van der Waals surface area (Å²) in [6.45, 7) is 1.62. The highest BCUT2D eigenvalue weighted by atomic mass is 32.2. The fraction of sp³-hybridized carbons (Fsp3) is 0.818. The SMILES string of the molecule is CC(=O)CC1CC(=O)N(C)C2(C1)SCCS2. The summed E-state index contributed by atoms with van der Waals surface area (Å²) in [6.07, 6.45) is 2.06. The van der Waals surface area contributed by atoms with E-state index in [0.717, 1.165) is 17.9 Å². The molecule has 0 aromatic heterocycles. The van der Waals surface area contributed by atoms with E-state index in [0.29, 0.717) is 12.8 Å². The van der Waals surface area contributed by atoms with E-state index in [9.17, 15) is 9.59 Å². The zero-order chi connectivity index (χ0) is 11.8. The molecule has 1 amide bonds. The lowest BCUT2D eigenvalue weighted by molar-refractivity contribution is -0.135. The summed E-state index contributed by atoms with van der Waals surface area (Å²) in [6, 6.07) is 0. The number of nitrogens with zero attached hydrogens (tertiary/aromatic N) is 1. The van der Waals surface area contributed by atoms with E-state index in [1.807, 2.05) is 35.5 Å². The summed E-state index contributed by atoms with van der Waals surface area (Å²) in [5, 5.41) is 0. The molecular formula is C11H17NO2S2. The molecule has 16 heavy (non-hydrogen) atoms. The van der Waals surface area contributed by atoms with E-state index in [1.165, 1.54) is 0 Å². The third kappa shape index (κ3) is 2.25. The second-order valence-electron chi connectivity index (χ2n) is 4.54. The first-order valence-corrected chi connectivity index (χ1v) is 7.54. The standard InChI is InChI=1S/C11H17NO2S2/c1-8(13)5-9-6-10(14)12(2)11(7-9)15-3-4-16-11/h9H,3-7H2,1-2H3. The number of carbonyl (C=O) groups excluding carboxylic acids is 2. The summed E-state index contributed by atoms with van der Waals surface area (Å²) in [5.74, 6) is 2.86. The highest BCUT2D eigenvalue weighted by Crippen LogP contribution is 2.53. The van der Waals surface area contributed by atoms with E-state index in [4.69, 9.17) is 0 Å². The van der Waals surface area contributed by atoms with Gasteiger partial charge in [0.1, 0.15) is 9.99 Å².